The maximum atomic E-state index is 12.6. The lowest BCUT2D eigenvalue weighted by Gasteiger charge is -2.37. The molecule has 2 heterocycles. The number of piperazine rings is 1. The molecule has 1 saturated heterocycles. The van der Waals surface area contributed by atoms with Crippen LogP contribution in [0.3, 0.4) is 0 Å². The largest absolute Gasteiger partial charge is 0.495 e. The van der Waals surface area contributed by atoms with E-state index >= 15 is 0 Å². The zero-order valence-electron chi connectivity index (χ0n) is 14.8. The Kier molecular flexibility index (Phi) is 5.73. The van der Waals surface area contributed by atoms with Crippen molar-refractivity contribution in [1.29, 1.82) is 0 Å². The average molecular weight is 343 g/mol. The Morgan fingerprint density at radius 3 is 2.64 bits per heavy atom. The minimum atomic E-state index is -0.185. The Labute approximate surface area is 148 Å². The molecule has 1 aromatic carbocycles. The van der Waals surface area contributed by atoms with E-state index in [0.717, 1.165) is 38.5 Å². The van der Waals surface area contributed by atoms with E-state index in [1.807, 2.05) is 43.3 Å². The van der Waals surface area contributed by atoms with Gasteiger partial charge in [-0.2, -0.15) is 0 Å². The number of para-hydroxylation sites is 2. The quantitative estimate of drug-likeness (QED) is 0.873. The molecule has 0 bridgehead atoms. The first-order chi connectivity index (χ1) is 12.2. The summed E-state index contributed by atoms with van der Waals surface area (Å²) in [4.78, 5) is 17.1. The summed E-state index contributed by atoms with van der Waals surface area (Å²) < 4.78 is 10.7. The number of nitrogens with zero attached hydrogens (tertiary/aromatic N) is 2. The van der Waals surface area contributed by atoms with Gasteiger partial charge in [0.1, 0.15) is 11.5 Å². The van der Waals surface area contributed by atoms with E-state index in [1.54, 1.807) is 13.4 Å². The summed E-state index contributed by atoms with van der Waals surface area (Å²) in [7, 11) is 1.60. The molecule has 1 atom stereocenters. The molecule has 0 aliphatic carbocycles. The van der Waals surface area contributed by atoms with Crippen molar-refractivity contribution in [1.82, 2.24) is 9.80 Å². The standard InChI is InChI=1S/C19H25N3O3/c1-15(19(23)20-17-7-3-4-8-18(17)24-2)22-11-9-21(10-12-22)14-16-6-5-13-25-16/h3-8,13,15H,9-12,14H2,1-2H3,(H,20,23). The van der Waals surface area contributed by atoms with Crippen molar-refractivity contribution in [2.45, 2.75) is 19.5 Å². The van der Waals surface area contributed by atoms with Crippen molar-refractivity contribution in [3.8, 4) is 5.75 Å². The number of rotatable bonds is 6. The number of hydrogen-bond acceptors (Lipinski definition) is 5. The fourth-order valence-corrected chi connectivity index (χ4v) is 3.08. The average Bonchev–Trinajstić information content (AvgIpc) is 3.15. The van der Waals surface area contributed by atoms with E-state index in [1.165, 1.54) is 0 Å². The van der Waals surface area contributed by atoms with Gasteiger partial charge in [-0.3, -0.25) is 14.6 Å². The van der Waals surface area contributed by atoms with Crippen LogP contribution < -0.4 is 10.1 Å². The van der Waals surface area contributed by atoms with Crippen molar-refractivity contribution in [2.24, 2.45) is 0 Å². The van der Waals surface area contributed by atoms with Crippen LogP contribution in [0, 0.1) is 0 Å². The van der Waals surface area contributed by atoms with Gasteiger partial charge in [0.25, 0.3) is 0 Å². The number of carbonyl (C=O) groups is 1. The zero-order valence-corrected chi connectivity index (χ0v) is 14.8. The molecule has 1 fully saturated rings. The van der Waals surface area contributed by atoms with Gasteiger partial charge in [-0.15, -0.1) is 0 Å². The number of amides is 1. The molecular formula is C19H25N3O3. The van der Waals surface area contributed by atoms with E-state index in [0.29, 0.717) is 11.4 Å². The molecule has 6 heteroatoms. The van der Waals surface area contributed by atoms with Gasteiger partial charge in [0, 0.05) is 26.2 Å². The van der Waals surface area contributed by atoms with Crippen LogP contribution in [0.4, 0.5) is 5.69 Å². The molecule has 25 heavy (non-hydrogen) atoms. The fourth-order valence-electron chi connectivity index (χ4n) is 3.08. The normalized spacial score (nSPS) is 17.2. The summed E-state index contributed by atoms with van der Waals surface area (Å²) in [5.41, 5.74) is 0.707. The Morgan fingerprint density at radius 1 is 1.20 bits per heavy atom. The number of benzene rings is 1. The molecule has 0 radical (unpaired) electrons. The van der Waals surface area contributed by atoms with Crippen LogP contribution in [0.15, 0.2) is 47.1 Å². The molecule has 0 spiro atoms. The maximum Gasteiger partial charge on any atom is 0.241 e. The summed E-state index contributed by atoms with van der Waals surface area (Å²) >= 11 is 0. The highest BCUT2D eigenvalue weighted by Crippen LogP contribution is 2.23. The van der Waals surface area contributed by atoms with Crippen LogP contribution in [0.1, 0.15) is 12.7 Å². The molecule has 1 N–H and O–H groups in total. The van der Waals surface area contributed by atoms with Gasteiger partial charge in [-0.25, -0.2) is 0 Å². The Morgan fingerprint density at radius 2 is 1.96 bits per heavy atom. The van der Waals surface area contributed by atoms with Gasteiger partial charge < -0.3 is 14.5 Å². The molecule has 6 nitrogen and oxygen atoms in total. The Bertz CT molecular complexity index is 679. The van der Waals surface area contributed by atoms with Crippen molar-refractivity contribution >= 4 is 11.6 Å². The second kappa shape index (κ2) is 8.18. The van der Waals surface area contributed by atoms with Crippen molar-refractivity contribution < 1.29 is 13.9 Å². The predicted octanol–water partition coefficient (Wildman–Crippen LogP) is 2.43. The second-order valence-corrected chi connectivity index (χ2v) is 6.26. The topological polar surface area (TPSA) is 58.0 Å². The molecule has 1 unspecified atom stereocenters. The summed E-state index contributed by atoms with van der Waals surface area (Å²) in [6.07, 6.45) is 1.70. The van der Waals surface area contributed by atoms with E-state index in [4.69, 9.17) is 9.15 Å². The predicted molar refractivity (Wildman–Crippen MR) is 96.6 cm³/mol. The molecule has 3 rings (SSSR count). The molecular weight excluding hydrogens is 318 g/mol. The first-order valence-electron chi connectivity index (χ1n) is 8.60. The van der Waals surface area contributed by atoms with Crippen LogP contribution in [0.5, 0.6) is 5.75 Å². The highest BCUT2D eigenvalue weighted by atomic mass is 16.5. The van der Waals surface area contributed by atoms with Gasteiger partial charge in [-0.1, -0.05) is 12.1 Å². The third kappa shape index (κ3) is 4.41. The number of ether oxygens (including phenoxy) is 1. The molecule has 2 aromatic rings. The van der Waals surface area contributed by atoms with Crippen molar-refractivity contribution in [3.63, 3.8) is 0 Å². The van der Waals surface area contributed by atoms with Gasteiger partial charge in [0.15, 0.2) is 0 Å². The van der Waals surface area contributed by atoms with Gasteiger partial charge in [0.05, 0.1) is 31.6 Å². The van der Waals surface area contributed by atoms with Crippen LogP contribution in [0.2, 0.25) is 0 Å². The van der Waals surface area contributed by atoms with Crippen molar-refractivity contribution in [2.75, 3.05) is 38.6 Å². The smallest absolute Gasteiger partial charge is 0.241 e. The van der Waals surface area contributed by atoms with Gasteiger partial charge in [0.2, 0.25) is 5.91 Å². The summed E-state index contributed by atoms with van der Waals surface area (Å²) in [5.74, 6) is 1.64. The summed E-state index contributed by atoms with van der Waals surface area (Å²) in [6.45, 7) is 6.35. The van der Waals surface area contributed by atoms with Crippen LogP contribution in [-0.2, 0) is 11.3 Å². The summed E-state index contributed by atoms with van der Waals surface area (Å²) in [6, 6.07) is 11.2. The van der Waals surface area contributed by atoms with Gasteiger partial charge >= 0.3 is 0 Å². The summed E-state index contributed by atoms with van der Waals surface area (Å²) in [5, 5.41) is 2.97. The number of methoxy groups -OCH3 is 1. The molecule has 1 aliphatic heterocycles. The lowest BCUT2D eigenvalue weighted by atomic mass is 10.2. The maximum absolute atomic E-state index is 12.6. The highest BCUT2D eigenvalue weighted by Gasteiger charge is 2.26. The van der Waals surface area contributed by atoms with Gasteiger partial charge in [-0.05, 0) is 31.2 Å². The van der Waals surface area contributed by atoms with E-state index in [2.05, 4.69) is 15.1 Å². The Hall–Kier alpha value is -2.31. The SMILES string of the molecule is COc1ccccc1NC(=O)C(C)N1CCN(Cc2ccco2)CC1. The first kappa shape index (κ1) is 17.5. The number of anilines is 1. The minimum Gasteiger partial charge on any atom is -0.495 e. The number of carbonyl (C=O) groups excluding carboxylic acids is 1. The number of nitrogens with one attached hydrogen (secondary N) is 1. The lowest BCUT2D eigenvalue weighted by Crippen LogP contribution is -2.52. The van der Waals surface area contributed by atoms with Crippen molar-refractivity contribution in [3.05, 3.63) is 48.4 Å². The third-order valence-electron chi connectivity index (χ3n) is 4.66. The lowest BCUT2D eigenvalue weighted by molar-refractivity contribution is -0.121. The second-order valence-electron chi connectivity index (χ2n) is 6.26. The monoisotopic (exact) mass is 343 g/mol. The van der Waals surface area contributed by atoms with Crippen LogP contribution in [-0.4, -0.2) is 55.0 Å². The third-order valence-corrected chi connectivity index (χ3v) is 4.66. The minimum absolute atomic E-state index is 0.0102. The molecule has 0 saturated carbocycles. The number of furan rings is 1. The highest BCUT2D eigenvalue weighted by molar-refractivity contribution is 5.95. The van der Waals surface area contributed by atoms with E-state index in [-0.39, 0.29) is 11.9 Å². The van der Waals surface area contributed by atoms with Crippen LogP contribution in [0.25, 0.3) is 0 Å². The zero-order chi connectivity index (χ0) is 17.6. The first-order valence-corrected chi connectivity index (χ1v) is 8.60. The van der Waals surface area contributed by atoms with E-state index in [9.17, 15) is 4.79 Å². The van der Waals surface area contributed by atoms with E-state index < -0.39 is 0 Å². The number of hydrogen-bond donors (Lipinski definition) is 1. The molecule has 1 aliphatic rings. The fraction of sp³-hybridized carbons (Fsp3) is 0.421. The van der Waals surface area contributed by atoms with Crippen LogP contribution >= 0.6 is 0 Å². The molecule has 1 aromatic heterocycles. The molecule has 134 valence electrons. The molecule has 1 amide bonds. The Balaban J connectivity index is 1.51.